The first kappa shape index (κ1) is 13.5. The van der Waals surface area contributed by atoms with Crippen molar-refractivity contribution in [3.05, 3.63) is 47.4 Å². The lowest BCUT2D eigenvalue weighted by Gasteiger charge is -2.17. The molecule has 4 heteroatoms. The lowest BCUT2D eigenvalue weighted by molar-refractivity contribution is 0.315. The molecule has 0 saturated carbocycles. The van der Waals surface area contributed by atoms with Crippen LogP contribution in [-0.2, 0) is 13.1 Å². The lowest BCUT2D eigenvalue weighted by atomic mass is 10.1. The summed E-state index contributed by atoms with van der Waals surface area (Å²) in [7, 11) is 3.72. The Bertz CT molecular complexity index is 549. The van der Waals surface area contributed by atoms with E-state index in [0.717, 1.165) is 35.9 Å². The SMILES string of the molecule is COc1cc(N)cc(CN(C)Cc2ccoc2C)c1. The summed E-state index contributed by atoms with van der Waals surface area (Å²) in [6, 6.07) is 7.81. The van der Waals surface area contributed by atoms with E-state index < -0.39 is 0 Å². The zero-order valence-corrected chi connectivity index (χ0v) is 11.6. The van der Waals surface area contributed by atoms with Crippen LogP contribution in [0.4, 0.5) is 5.69 Å². The molecule has 0 amide bonds. The van der Waals surface area contributed by atoms with Crippen molar-refractivity contribution in [3.8, 4) is 5.75 Å². The number of methoxy groups -OCH3 is 1. The summed E-state index contributed by atoms with van der Waals surface area (Å²) in [6.45, 7) is 3.64. The Hall–Kier alpha value is -1.94. The van der Waals surface area contributed by atoms with Gasteiger partial charge in [-0.25, -0.2) is 0 Å². The fourth-order valence-electron chi connectivity index (χ4n) is 2.13. The van der Waals surface area contributed by atoms with E-state index in [1.807, 2.05) is 31.2 Å². The van der Waals surface area contributed by atoms with Crippen molar-refractivity contribution in [1.29, 1.82) is 0 Å². The van der Waals surface area contributed by atoms with Gasteiger partial charge in [-0.05, 0) is 37.7 Å². The lowest BCUT2D eigenvalue weighted by Crippen LogP contribution is -2.17. The van der Waals surface area contributed by atoms with E-state index in [1.165, 1.54) is 5.56 Å². The van der Waals surface area contributed by atoms with Crippen LogP contribution in [0.2, 0.25) is 0 Å². The second kappa shape index (κ2) is 5.80. The van der Waals surface area contributed by atoms with Gasteiger partial charge >= 0.3 is 0 Å². The predicted molar refractivity (Wildman–Crippen MR) is 76.0 cm³/mol. The molecule has 0 spiro atoms. The van der Waals surface area contributed by atoms with E-state index in [9.17, 15) is 0 Å². The molecule has 1 aromatic heterocycles. The van der Waals surface area contributed by atoms with Crippen molar-refractivity contribution in [2.75, 3.05) is 19.9 Å². The van der Waals surface area contributed by atoms with Gasteiger partial charge in [0.05, 0.1) is 13.4 Å². The van der Waals surface area contributed by atoms with E-state index in [1.54, 1.807) is 13.4 Å². The van der Waals surface area contributed by atoms with E-state index >= 15 is 0 Å². The number of nitrogens with two attached hydrogens (primary N) is 1. The minimum absolute atomic E-state index is 0.724. The first-order chi connectivity index (χ1) is 9.08. The topological polar surface area (TPSA) is 51.6 Å². The molecule has 1 heterocycles. The highest BCUT2D eigenvalue weighted by Gasteiger charge is 2.07. The molecule has 4 nitrogen and oxygen atoms in total. The minimum Gasteiger partial charge on any atom is -0.497 e. The van der Waals surface area contributed by atoms with E-state index in [4.69, 9.17) is 14.9 Å². The third kappa shape index (κ3) is 3.51. The highest BCUT2D eigenvalue weighted by molar-refractivity contribution is 5.47. The number of nitrogens with zero attached hydrogens (tertiary/aromatic N) is 1. The molecule has 0 radical (unpaired) electrons. The van der Waals surface area contributed by atoms with Crippen LogP contribution in [0.3, 0.4) is 0 Å². The molecule has 0 unspecified atom stereocenters. The van der Waals surface area contributed by atoms with Gasteiger partial charge < -0.3 is 14.9 Å². The van der Waals surface area contributed by atoms with Crippen LogP contribution >= 0.6 is 0 Å². The third-order valence-corrected chi connectivity index (χ3v) is 3.08. The van der Waals surface area contributed by atoms with Crippen molar-refractivity contribution < 1.29 is 9.15 Å². The number of nitrogen functional groups attached to an aromatic ring is 1. The number of furan rings is 1. The summed E-state index contributed by atoms with van der Waals surface area (Å²) in [5.41, 5.74) is 8.93. The Morgan fingerprint density at radius 3 is 2.68 bits per heavy atom. The molecule has 0 aliphatic rings. The van der Waals surface area contributed by atoms with Crippen molar-refractivity contribution >= 4 is 5.69 Å². The highest BCUT2D eigenvalue weighted by Crippen LogP contribution is 2.20. The average molecular weight is 260 g/mol. The summed E-state index contributed by atoms with van der Waals surface area (Å²) < 4.78 is 10.5. The van der Waals surface area contributed by atoms with Crippen molar-refractivity contribution in [2.45, 2.75) is 20.0 Å². The van der Waals surface area contributed by atoms with Crippen molar-refractivity contribution in [1.82, 2.24) is 4.90 Å². The van der Waals surface area contributed by atoms with Gasteiger partial charge in [-0.15, -0.1) is 0 Å². The number of hydrogen-bond acceptors (Lipinski definition) is 4. The Kier molecular flexibility index (Phi) is 4.12. The van der Waals surface area contributed by atoms with E-state index in [0.29, 0.717) is 0 Å². The van der Waals surface area contributed by atoms with Gasteiger partial charge in [-0.2, -0.15) is 0 Å². The molecule has 0 saturated heterocycles. The first-order valence-electron chi connectivity index (χ1n) is 6.23. The van der Waals surface area contributed by atoms with Gasteiger partial charge in [0.25, 0.3) is 0 Å². The van der Waals surface area contributed by atoms with Crippen LogP contribution in [0.25, 0.3) is 0 Å². The first-order valence-corrected chi connectivity index (χ1v) is 6.23. The second-order valence-corrected chi connectivity index (χ2v) is 4.79. The molecule has 19 heavy (non-hydrogen) atoms. The number of rotatable bonds is 5. The van der Waals surface area contributed by atoms with E-state index in [2.05, 4.69) is 11.9 Å². The van der Waals surface area contributed by atoms with Gasteiger partial charge in [0.1, 0.15) is 11.5 Å². The van der Waals surface area contributed by atoms with Crippen LogP contribution in [0, 0.1) is 6.92 Å². The van der Waals surface area contributed by atoms with Crippen LogP contribution in [0.15, 0.2) is 34.9 Å². The molecule has 102 valence electrons. The Labute approximate surface area is 113 Å². The van der Waals surface area contributed by atoms with Crippen LogP contribution in [0.1, 0.15) is 16.9 Å². The second-order valence-electron chi connectivity index (χ2n) is 4.79. The normalized spacial score (nSPS) is 10.9. The summed E-state index contributed by atoms with van der Waals surface area (Å²) >= 11 is 0. The van der Waals surface area contributed by atoms with Gasteiger partial charge in [0.15, 0.2) is 0 Å². The quantitative estimate of drug-likeness (QED) is 0.840. The van der Waals surface area contributed by atoms with Gasteiger partial charge in [0.2, 0.25) is 0 Å². The molecule has 0 atom stereocenters. The average Bonchev–Trinajstić information content (AvgIpc) is 2.74. The third-order valence-electron chi connectivity index (χ3n) is 3.08. The van der Waals surface area contributed by atoms with Crippen LogP contribution < -0.4 is 10.5 Å². The molecule has 0 aliphatic carbocycles. The standard InChI is InChI=1S/C15H20N2O2/c1-11-13(4-5-19-11)10-17(2)9-12-6-14(16)8-15(7-12)18-3/h4-8H,9-10,16H2,1-3H3. The van der Waals surface area contributed by atoms with E-state index in [-0.39, 0.29) is 0 Å². The number of ether oxygens (including phenoxy) is 1. The molecule has 0 fully saturated rings. The molecule has 2 aromatic rings. The highest BCUT2D eigenvalue weighted by atomic mass is 16.5. The number of anilines is 1. The summed E-state index contributed by atoms with van der Waals surface area (Å²) in [6.07, 6.45) is 1.72. The van der Waals surface area contributed by atoms with Crippen molar-refractivity contribution in [3.63, 3.8) is 0 Å². The largest absolute Gasteiger partial charge is 0.497 e. The Balaban J connectivity index is 2.04. The van der Waals surface area contributed by atoms with Crippen LogP contribution in [-0.4, -0.2) is 19.1 Å². The van der Waals surface area contributed by atoms with Crippen molar-refractivity contribution in [2.24, 2.45) is 0 Å². The predicted octanol–water partition coefficient (Wildman–Crippen LogP) is 2.81. The molecule has 1 aromatic carbocycles. The molecule has 2 rings (SSSR count). The molecular weight excluding hydrogens is 240 g/mol. The maximum atomic E-state index is 5.86. The monoisotopic (exact) mass is 260 g/mol. The fraction of sp³-hybridized carbons (Fsp3) is 0.333. The zero-order chi connectivity index (χ0) is 13.8. The van der Waals surface area contributed by atoms with Gasteiger partial charge in [0, 0.05) is 30.4 Å². The molecule has 0 aliphatic heterocycles. The summed E-state index contributed by atoms with van der Waals surface area (Å²) in [5, 5.41) is 0. The van der Waals surface area contributed by atoms with Gasteiger partial charge in [-0.1, -0.05) is 0 Å². The van der Waals surface area contributed by atoms with Crippen LogP contribution in [0.5, 0.6) is 5.75 Å². The Morgan fingerprint density at radius 1 is 1.26 bits per heavy atom. The maximum Gasteiger partial charge on any atom is 0.121 e. The number of hydrogen-bond donors (Lipinski definition) is 1. The minimum atomic E-state index is 0.724. The maximum absolute atomic E-state index is 5.86. The molecule has 0 bridgehead atoms. The Morgan fingerprint density at radius 2 is 2.05 bits per heavy atom. The number of aryl methyl sites for hydroxylation is 1. The van der Waals surface area contributed by atoms with Gasteiger partial charge in [-0.3, -0.25) is 4.90 Å². The number of benzene rings is 1. The zero-order valence-electron chi connectivity index (χ0n) is 11.6. The summed E-state index contributed by atoms with van der Waals surface area (Å²) in [4.78, 5) is 2.21. The molecule has 2 N–H and O–H groups in total. The summed E-state index contributed by atoms with van der Waals surface area (Å²) in [5.74, 6) is 1.76. The smallest absolute Gasteiger partial charge is 0.121 e. The molecular formula is C15H20N2O2. The fourth-order valence-corrected chi connectivity index (χ4v) is 2.13.